The first-order valence-electron chi connectivity index (χ1n) is 4.37. The monoisotopic (exact) mass is 310 g/mol. The molecule has 2 atom stereocenters. The van der Waals surface area contributed by atoms with Crippen LogP contribution < -0.4 is 0 Å². The molecule has 0 aliphatic rings. The summed E-state index contributed by atoms with van der Waals surface area (Å²) >= 11 is 0. The van der Waals surface area contributed by atoms with Crippen molar-refractivity contribution in [1.82, 2.24) is 0 Å². The zero-order valence-corrected chi connectivity index (χ0v) is 12.0. The van der Waals surface area contributed by atoms with Gasteiger partial charge in [-0.2, -0.15) is 16.8 Å². The van der Waals surface area contributed by atoms with Crippen LogP contribution in [-0.2, 0) is 20.2 Å². The summed E-state index contributed by atoms with van der Waals surface area (Å²) in [4.78, 5) is 0. The lowest BCUT2D eigenvalue weighted by Gasteiger charge is -2.14. The van der Waals surface area contributed by atoms with E-state index in [0.29, 0.717) is 0 Å². The molecule has 0 heterocycles. The number of hydrogen-bond donors (Lipinski definition) is 2. The first kappa shape index (κ1) is 16.5. The number of rotatable bonds is 7. The normalized spacial score (nSPS) is 17.0. The van der Waals surface area contributed by atoms with Crippen molar-refractivity contribution >= 4 is 41.8 Å². The highest BCUT2D eigenvalue weighted by molar-refractivity contribution is 8.79. The molecule has 2 unspecified atom stereocenters. The Labute approximate surface area is 103 Å². The van der Waals surface area contributed by atoms with Crippen LogP contribution in [-0.4, -0.2) is 35.1 Å². The second kappa shape index (κ2) is 6.45. The fraction of sp³-hybridized carbons (Fsp3) is 1.00. The molecule has 0 spiro atoms. The fourth-order valence-electron chi connectivity index (χ4n) is 0.781. The Hall–Kier alpha value is 0.520. The Balaban J connectivity index is 4.54. The van der Waals surface area contributed by atoms with Crippen molar-refractivity contribution in [2.24, 2.45) is 0 Å². The van der Waals surface area contributed by atoms with E-state index in [1.165, 1.54) is 0 Å². The van der Waals surface area contributed by atoms with Gasteiger partial charge in [0, 0.05) is 0 Å². The van der Waals surface area contributed by atoms with E-state index >= 15 is 0 Å². The standard InChI is InChI=1S/C6H14O6S4/c1-3-5(15(7,8)9)13-14-6(4-2)16(10,11)12/h5-6H,3-4H2,1-2H3,(H,7,8,9)(H,10,11,12). The van der Waals surface area contributed by atoms with Crippen LogP contribution in [0.4, 0.5) is 0 Å². The maximum absolute atomic E-state index is 10.8. The summed E-state index contributed by atoms with van der Waals surface area (Å²) in [6.45, 7) is 3.11. The Kier molecular flexibility index (Phi) is 6.66. The summed E-state index contributed by atoms with van der Waals surface area (Å²) in [5.74, 6) is 0. The predicted molar refractivity (Wildman–Crippen MR) is 66.4 cm³/mol. The van der Waals surface area contributed by atoms with Gasteiger partial charge in [-0.15, -0.1) is 0 Å². The molecule has 0 rings (SSSR count). The predicted octanol–water partition coefficient (Wildman–Crippen LogP) is 1.62. The van der Waals surface area contributed by atoms with Gasteiger partial charge in [0.2, 0.25) is 0 Å². The van der Waals surface area contributed by atoms with E-state index in [1.54, 1.807) is 13.8 Å². The molecule has 0 bridgehead atoms. The van der Waals surface area contributed by atoms with Crippen LogP contribution in [0.25, 0.3) is 0 Å². The zero-order chi connectivity index (χ0) is 13.0. The van der Waals surface area contributed by atoms with Crippen molar-refractivity contribution in [3.05, 3.63) is 0 Å². The summed E-state index contributed by atoms with van der Waals surface area (Å²) in [7, 11) is -6.94. The van der Waals surface area contributed by atoms with Crippen LogP contribution in [0.2, 0.25) is 0 Å². The maximum Gasteiger partial charge on any atom is 0.278 e. The molecule has 10 heteroatoms. The highest BCUT2D eigenvalue weighted by atomic mass is 33.1. The minimum atomic E-state index is -4.20. The van der Waals surface area contributed by atoms with Crippen molar-refractivity contribution in [2.75, 3.05) is 0 Å². The van der Waals surface area contributed by atoms with Crippen molar-refractivity contribution in [3.8, 4) is 0 Å². The van der Waals surface area contributed by atoms with E-state index in [0.717, 1.165) is 21.6 Å². The van der Waals surface area contributed by atoms with Gasteiger partial charge in [0.25, 0.3) is 20.2 Å². The summed E-state index contributed by atoms with van der Waals surface area (Å²) in [5, 5.41) is 0. The van der Waals surface area contributed by atoms with Gasteiger partial charge in [-0.25, -0.2) is 0 Å². The smallest absolute Gasteiger partial charge is 0.278 e. The van der Waals surface area contributed by atoms with Gasteiger partial charge in [0.15, 0.2) is 0 Å². The highest BCUT2D eigenvalue weighted by Gasteiger charge is 2.28. The van der Waals surface area contributed by atoms with E-state index in [-0.39, 0.29) is 12.8 Å². The zero-order valence-electron chi connectivity index (χ0n) is 8.73. The molecule has 0 radical (unpaired) electrons. The molecule has 2 N–H and O–H groups in total. The van der Waals surface area contributed by atoms with Crippen LogP contribution >= 0.6 is 21.6 Å². The van der Waals surface area contributed by atoms with E-state index in [1.807, 2.05) is 0 Å². The van der Waals surface area contributed by atoms with Gasteiger partial charge >= 0.3 is 0 Å². The minimum Gasteiger partial charge on any atom is -0.285 e. The van der Waals surface area contributed by atoms with Gasteiger partial charge < -0.3 is 0 Å². The molecule has 98 valence electrons. The van der Waals surface area contributed by atoms with E-state index in [4.69, 9.17) is 9.11 Å². The van der Waals surface area contributed by atoms with Crippen molar-refractivity contribution in [3.63, 3.8) is 0 Å². The molecule has 0 aromatic heterocycles. The molecule has 0 aliphatic heterocycles. The summed E-state index contributed by atoms with van der Waals surface area (Å²) in [5.41, 5.74) is 0. The lowest BCUT2D eigenvalue weighted by molar-refractivity contribution is 0.476. The molecule has 0 aliphatic carbocycles. The van der Waals surface area contributed by atoms with Gasteiger partial charge in [0.1, 0.15) is 9.16 Å². The molecule has 0 aromatic carbocycles. The summed E-state index contributed by atoms with van der Waals surface area (Å²) in [6.07, 6.45) is 0.302. The van der Waals surface area contributed by atoms with E-state index in [2.05, 4.69) is 0 Å². The van der Waals surface area contributed by atoms with Crippen LogP contribution in [0.3, 0.4) is 0 Å². The molecule has 0 saturated carbocycles. The summed E-state index contributed by atoms with van der Waals surface area (Å²) < 4.78 is 58.7. The van der Waals surface area contributed by atoms with E-state index in [9.17, 15) is 16.8 Å². The third-order valence-corrected chi connectivity index (χ3v) is 9.30. The second-order valence-corrected chi connectivity index (χ2v) is 9.37. The van der Waals surface area contributed by atoms with Crippen molar-refractivity contribution < 1.29 is 25.9 Å². The molecular weight excluding hydrogens is 296 g/mol. The summed E-state index contributed by atoms with van der Waals surface area (Å²) in [6, 6.07) is 0. The van der Waals surface area contributed by atoms with Crippen molar-refractivity contribution in [2.45, 2.75) is 35.9 Å². The Morgan fingerprint density at radius 2 is 1.12 bits per heavy atom. The van der Waals surface area contributed by atoms with Gasteiger partial charge in [-0.1, -0.05) is 35.4 Å². The second-order valence-electron chi connectivity index (χ2n) is 2.90. The molecule has 6 nitrogen and oxygen atoms in total. The number of hydrogen-bond acceptors (Lipinski definition) is 6. The van der Waals surface area contributed by atoms with Crippen LogP contribution in [0.5, 0.6) is 0 Å². The van der Waals surface area contributed by atoms with Crippen LogP contribution in [0, 0.1) is 0 Å². The SMILES string of the molecule is CCC(SSC(CC)S(=O)(=O)O)S(=O)(=O)O. The van der Waals surface area contributed by atoms with Gasteiger partial charge in [0.05, 0.1) is 0 Å². The molecule has 0 saturated heterocycles. The largest absolute Gasteiger partial charge is 0.285 e. The molecule has 0 amide bonds. The lowest BCUT2D eigenvalue weighted by atomic mass is 10.6. The first-order valence-corrected chi connectivity index (χ1v) is 9.65. The Bertz CT molecular complexity index is 359. The maximum atomic E-state index is 10.8. The molecule has 0 aromatic rings. The molecular formula is C6H14O6S4. The first-order chi connectivity index (χ1) is 7.12. The lowest BCUT2D eigenvalue weighted by Crippen LogP contribution is -2.18. The Morgan fingerprint density at radius 3 is 1.25 bits per heavy atom. The third kappa shape index (κ3) is 5.73. The minimum absolute atomic E-state index is 0.151. The average Bonchev–Trinajstić information content (AvgIpc) is 2.08. The van der Waals surface area contributed by atoms with Gasteiger partial charge in [-0.05, 0) is 12.8 Å². The molecule has 16 heavy (non-hydrogen) atoms. The van der Waals surface area contributed by atoms with Gasteiger partial charge in [-0.3, -0.25) is 9.11 Å². The van der Waals surface area contributed by atoms with Crippen LogP contribution in [0.1, 0.15) is 26.7 Å². The quantitative estimate of drug-likeness (QED) is 0.539. The van der Waals surface area contributed by atoms with Crippen molar-refractivity contribution in [1.29, 1.82) is 0 Å². The third-order valence-electron chi connectivity index (χ3n) is 1.60. The average molecular weight is 310 g/mol. The van der Waals surface area contributed by atoms with Crippen LogP contribution in [0.15, 0.2) is 0 Å². The topological polar surface area (TPSA) is 109 Å². The van der Waals surface area contributed by atoms with E-state index < -0.39 is 29.4 Å². The Morgan fingerprint density at radius 1 is 0.875 bits per heavy atom. The highest BCUT2D eigenvalue weighted by Crippen LogP contribution is 2.37. The molecule has 0 fully saturated rings. The fourth-order valence-corrected chi connectivity index (χ4v) is 7.10.